The molecule has 144 valence electrons. The average molecular weight is 354 g/mol. The summed E-state index contributed by atoms with van der Waals surface area (Å²) in [5, 5.41) is 6.33. The lowest BCUT2D eigenvalue weighted by Crippen LogP contribution is -2.45. The molecule has 1 atom stereocenters. The summed E-state index contributed by atoms with van der Waals surface area (Å²) in [6.45, 7) is 14.1. The van der Waals surface area contributed by atoms with Crippen LogP contribution in [0.3, 0.4) is 0 Å². The van der Waals surface area contributed by atoms with Gasteiger partial charge in [0.25, 0.3) is 0 Å². The van der Waals surface area contributed by atoms with Gasteiger partial charge in [-0.25, -0.2) is 0 Å². The smallest absolute Gasteiger partial charge is 0.225 e. The molecule has 0 radical (unpaired) electrons. The van der Waals surface area contributed by atoms with E-state index in [0.29, 0.717) is 19.0 Å². The normalized spacial score (nSPS) is 23.0. The van der Waals surface area contributed by atoms with Crippen molar-refractivity contribution in [2.45, 2.75) is 27.2 Å². The summed E-state index contributed by atoms with van der Waals surface area (Å²) < 4.78 is 5.42. The summed E-state index contributed by atoms with van der Waals surface area (Å²) in [7, 11) is 1.82. The van der Waals surface area contributed by atoms with Crippen molar-refractivity contribution in [3.05, 3.63) is 0 Å². The van der Waals surface area contributed by atoms with Crippen LogP contribution in [0.15, 0.2) is 4.99 Å². The van der Waals surface area contributed by atoms with Crippen LogP contribution >= 0.6 is 0 Å². The van der Waals surface area contributed by atoms with Crippen molar-refractivity contribution in [1.29, 1.82) is 0 Å². The van der Waals surface area contributed by atoms with Gasteiger partial charge in [-0.2, -0.15) is 0 Å². The Morgan fingerprint density at radius 1 is 1.16 bits per heavy atom. The molecule has 1 amide bonds. The molecule has 0 aromatic heterocycles. The minimum absolute atomic E-state index is 0.0797. The first-order chi connectivity index (χ1) is 11.9. The Balaban J connectivity index is 1.68. The topological polar surface area (TPSA) is 69.2 Å². The monoisotopic (exact) mass is 353 g/mol. The largest absolute Gasteiger partial charge is 0.379 e. The van der Waals surface area contributed by atoms with Gasteiger partial charge in [-0.15, -0.1) is 0 Å². The third kappa shape index (κ3) is 6.47. The molecule has 2 heterocycles. The Morgan fingerprint density at radius 3 is 2.48 bits per heavy atom. The zero-order valence-corrected chi connectivity index (χ0v) is 16.3. The van der Waals surface area contributed by atoms with Gasteiger partial charge in [-0.1, -0.05) is 20.8 Å². The van der Waals surface area contributed by atoms with E-state index in [9.17, 15) is 4.79 Å². The minimum atomic E-state index is -0.344. The number of carbonyl (C=O) groups excluding carboxylic acids is 1. The number of nitrogens with one attached hydrogen (secondary N) is 2. The Hall–Kier alpha value is -1.34. The summed E-state index contributed by atoms with van der Waals surface area (Å²) in [6.07, 6.45) is 1.21. The maximum absolute atomic E-state index is 11.9. The van der Waals surface area contributed by atoms with Crippen LogP contribution in [0.4, 0.5) is 0 Å². The number of morpholine rings is 1. The maximum Gasteiger partial charge on any atom is 0.225 e. The van der Waals surface area contributed by atoms with Crippen LogP contribution < -0.4 is 10.6 Å². The molecule has 2 fully saturated rings. The van der Waals surface area contributed by atoms with Gasteiger partial charge in [0.1, 0.15) is 0 Å². The van der Waals surface area contributed by atoms with Gasteiger partial charge >= 0.3 is 0 Å². The van der Waals surface area contributed by atoms with Gasteiger partial charge in [-0.3, -0.25) is 14.7 Å². The number of hydrogen-bond donors (Lipinski definition) is 2. The average Bonchev–Trinajstić information content (AvgIpc) is 3.03. The molecule has 0 saturated carbocycles. The van der Waals surface area contributed by atoms with E-state index in [1.807, 2.05) is 27.8 Å². The van der Waals surface area contributed by atoms with E-state index in [4.69, 9.17) is 4.74 Å². The molecular formula is C18H35N5O2. The van der Waals surface area contributed by atoms with Gasteiger partial charge in [0.15, 0.2) is 5.96 Å². The molecule has 25 heavy (non-hydrogen) atoms. The van der Waals surface area contributed by atoms with Crippen molar-refractivity contribution < 1.29 is 9.53 Å². The lowest BCUT2D eigenvalue weighted by molar-refractivity contribution is -0.128. The third-order valence-corrected chi connectivity index (χ3v) is 4.79. The Labute approximate surface area is 152 Å². The highest BCUT2D eigenvalue weighted by Crippen LogP contribution is 2.18. The molecule has 2 aliphatic heterocycles. The summed E-state index contributed by atoms with van der Waals surface area (Å²) in [4.78, 5) is 21.1. The van der Waals surface area contributed by atoms with Gasteiger partial charge < -0.3 is 20.3 Å². The quantitative estimate of drug-likeness (QED) is 0.425. The van der Waals surface area contributed by atoms with Gasteiger partial charge in [-0.05, 0) is 12.3 Å². The van der Waals surface area contributed by atoms with E-state index in [2.05, 4.69) is 25.4 Å². The van der Waals surface area contributed by atoms with Crippen molar-refractivity contribution in [3.63, 3.8) is 0 Å². The van der Waals surface area contributed by atoms with Crippen LogP contribution in [-0.4, -0.2) is 87.7 Å². The predicted molar refractivity (Wildman–Crippen MR) is 101 cm³/mol. The number of rotatable bonds is 5. The van der Waals surface area contributed by atoms with E-state index >= 15 is 0 Å². The second kappa shape index (κ2) is 9.38. The highest BCUT2D eigenvalue weighted by molar-refractivity contribution is 5.82. The molecule has 2 N–H and O–H groups in total. The molecule has 7 heteroatoms. The summed E-state index contributed by atoms with van der Waals surface area (Å²) in [5.41, 5.74) is -0.344. The number of guanidine groups is 1. The number of amides is 1. The molecule has 7 nitrogen and oxygen atoms in total. The van der Waals surface area contributed by atoms with Crippen LogP contribution in [0.25, 0.3) is 0 Å². The van der Waals surface area contributed by atoms with E-state index in [0.717, 1.165) is 51.9 Å². The minimum Gasteiger partial charge on any atom is -0.379 e. The van der Waals surface area contributed by atoms with E-state index in [-0.39, 0.29) is 11.3 Å². The molecule has 2 aliphatic rings. The van der Waals surface area contributed by atoms with Crippen LogP contribution in [-0.2, 0) is 9.53 Å². The van der Waals surface area contributed by atoms with E-state index in [1.54, 1.807) is 0 Å². The molecular weight excluding hydrogens is 318 g/mol. The fraction of sp³-hybridized carbons (Fsp3) is 0.889. The number of nitrogens with zero attached hydrogens (tertiary/aromatic N) is 3. The lowest BCUT2D eigenvalue weighted by Gasteiger charge is -2.29. The SMILES string of the molecule is CN=C(NCCNC(=O)C(C)(C)C)N1CCC(CN2CCOCC2)C1. The highest BCUT2D eigenvalue weighted by Gasteiger charge is 2.27. The zero-order chi connectivity index (χ0) is 18.3. The van der Waals surface area contributed by atoms with Gasteiger partial charge in [0.05, 0.1) is 13.2 Å². The second-order valence-corrected chi connectivity index (χ2v) is 7.99. The highest BCUT2D eigenvalue weighted by atomic mass is 16.5. The number of carbonyl (C=O) groups is 1. The Kier molecular flexibility index (Phi) is 7.50. The van der Waals surface area contributed by atoms with Crippen LogP contribution in [0.2, 0.25) is 0 Å². The molecule has 0 bridgehead atoms. The first kappa shape index (κ1) is 20.0. The van der Waals surface area contributed by atoms with Gasteiger partial charge in [0, 0.05) is 58.3 Å². The maximum atomic E-state index is 11.9. The van der Waals surface area contributed by atoms with Crippen molar-refractivity contribution in [2.75, 3.05) is 66.1 Å². The molecule has 0 aromatic carbocycles. The predicted octanol–water partition coefficient (Wildman–Crippen LogP) is 0.378. The first-order valence-corrected chi connectivity index (χ1v) is 9.44. The summed E-state index contributed by atoms with van der Waals surface area (Å²) >= 11 is 0. The molecule has 0 aromatic rings. The standard InChI is InChI=1S/C18H35N5O2/c1-18(2,3)16(24)20-6-7-21-17(19-4)23-8-5-15(14-23)13-22-9-11-25-12-10-22/h15H,5-14H2,1-4H3,(H,19,21)(H,20,24). The van der Waals surface area contributed by atoms with Crippen LogP contribution in [0.5, 0.6) is 0 Å². The van der Waals surface area contributed by atoms with Gasteiger partial charge in [0.2, 0.25) is 5.91 Å². The molecule has 2 rings (SSSR count). The number of aliphatic imine (C=N–C) groups is 1. The first-order valence-electron chi connectivity index (χ1n) is 9.44. The van der Waals surface area contributed by atoms with Crippen LogP contribution in [0, 0.1) is 11.3 Å². The van der Waals surface area contributed by atoms with E-state index < -0.39 is 0 Å². The number of likely N-dealkylation sites (tertiary alicyclic amines) is 1. The molecule has 1 unspecified atom stereocenters. The molecule has 2 saturated heterocycles. The van der Waals surface area contributed by atoms with Crippen LogP contribution in [0.1, 0.15) is 27.2 Å². The fourth-order valence-corrected chi connectivity index (χ4v) is 3.27. The van der Waals surface area contributed by atoms with E-state index in [1.165, 1.54) is 6.42 Å². The summed E-state index contributed by atoms with van der Waals surface area (Å²) in [6, 6.07) is 0. The fourth-order valence-electron chi connectivity index (χ4n) is 3.27. The molecule has 0 aliphatic carbocycles. The van der Waals surface area contributed by atoms with Crippen molar-refractivity contribution in [1.82, 2.24) is 20.4 Å². The summed E-state index contributed by atoms with van der Waals surface area (Å²) in [5.74, 6) is 1.71. The zero-order valence-electron chi connectivity index (χ0n) is 16.3. The lowest BCUT2D eigenvalue weighted by atomic mass is 9.96. The van der Waals surface area contributed by atoms with Crippen molar-refractivity contribution >= 4 is 11.9 Å². The van der Waals surface area contributed by atoms with Crippen molar-refractivity contribution in [3.8, 4) is 0 Å². The number of ether oxygens (including phenoxy) is 1. The van der Waals surface area contributed by atoms with Crippen molar-refractivity contribution in [2.24, 2.45) is 16.3 Å². The number of hydrogen-bond acceptors (Lipinski definition) is 4. The second-order valence-electron chi connectivity index (χ2n) is 7.99. The Bertz CT molecular complexity index is 455. The Morgan fingerprint density at radius 2 is 1.84 bits per heavy atom. The third-order valence-electron chi connectivity index (χ3n) is 4.79. The molecule has 0 spiro atoms.